The molecule has 33 heavy (non-hydrogen) atoms. The van der Waals surface area contributed by atoms with Crippen LogP contribution >= 0.6 is 11.6 Å². The zero-order valence-corrected chi connectivity index (χ0v) is 20.0. The molecule has 0 bridgehead atoms. The highest BCUT2D eigenvalue weighted by atomic mass is 35.5. The quantitative estimate of drug-likeness (QED) is 0.494. The lowest BCUT2D eigenvalue weighted by Crippen LogP contribution is -2.65. The first-order chi connectivity index (χ1) is 15.9. The highest BCUT2D eigenvalue weighted by Gasteiger charge is 2.49. The van der Waals surface area contributed by atoms with Gasteiger partial charge in [-0.05, 0) is 56.5 Å². The molecule has 1 aromatic heterocycles. The van der Waals surface area contributed by atoms with Crippen LogP contribution in [0.15, 0.2) is 48.5 Å². The van der Waals surface area contributed by atoms with Gasteiger partial charge in [-0.3, -0.25) is 14.5 Å². The van der Waals surface area contributed by atoms with Gasteiger partial charge >= 0.3 is 0 Å². The average molecular weight is 464 g/mol. The molecular weight excluding hydrogens is 434 g/mol. The summed E-state index contributed by atoms with van der Waals surface area (Å²) in [5.74, 6) is -0.293. The maximum atomic E-state index is 13.9. The summed E-state index contributed by atoms with van der Waals surface area (Å²) in [6, 6.07) is 15.6. The molecule has 0 radical (unpaired) electrons. The van der Waals surface area contributed by atoms with E-state index < -0.39 is 5.54 Å². The second kappa shape index (κ2) is 8.53. The number of rotatable bonds is 3. The number of carbonyl (C=O) groups excluding carboxylic acids is 2. The number of aryl methyl sites for hydroxylation is 1. The molecule has 0 saturated heterocycles. The van der Waals surface area contributed by atoms with Crippen molar-refractivity contribution in [1.82, 2.24) is 9.88 Å². The summed E-state index contributed by atoms with van der Waals surface area (Å²) in [5, 5.41) is 4.89. The normalized spacial score (nSPS) is 21.7. The van der Waals surface area contributed by atoms with Crippen molar-refractivity contribution in [2.45, 2.75) is 70.5 Å². The third-order valence-electron chi connectivity index (χ3n) is 7.29. The smallest absolute Gasteiger partial charge is 0.275 e. The fraction of sp³-hybridized carbons (Fsp3) is 0.407. The molecule has 172 valence electrons. The number of amides is 2. The highest BCUT2D eigenvalue weighted by Crippen LogP contribution is 2.37. The van der Waals surface area contributed by atoms with Crippen LogP contribution in [0.4, 0.5) is 5.69 Å². The van der Waals surface area contributed by atoms with E-state index in [1.54, 1.807) is 11.0 Å². The molecule has 2 amide bonds. The van der Waals surface area contributed by atoms with Gasteiger partial charge in [0.2, 0.25) is 5.91 Å². The minimum absolute atomic E-state index is 0.108. The van der Waals surface area contributed by atoms with Gasteiger partial charge in [0.25, 0.3) is 5.91 Å². The van der Waals surface area contributed by atoms with Crippen molar-refractivity contribution in [3.8, 4) is 0 Å². The van der Waals surface area contributed by atoms with Gasteiger partial charge in [-0.15, -0.1) is 0 Å². The van der Waals surface area contributed by atoms with E-state index >= 15 is 0 Å². The van der Waals surface area contributed by atoms with E-state index in [1.807, 2.05) is 60.9 Å². The maximum absolute atomic E-state index is 13.9. The van der Waals surface area contributed by atoms with E-state index in [-0.39, 0.29) is 17.9 Å². The monoisotopic (exact) mass is 463 g/mol. The van der Waals surface area contributed by atoms with Crippen LogP contribution in [-0.4, -0.2) is 28.0 Å². The number of halogens is 1. The Hall–Kier alpha value is -2.79. The van der Waals surface area contributed by atoms with Crippen LogP contribution in [0.5, 0.6) is 0 Å². The van der Waals surface area contributed by atoms with E-state index in [0.717, 1.165) is 42.1 Å². The second-order valence-electron chi connectivity index (χ2n) is 9.68. The summed E-state index contributed by atoms with van der Waals surface area (Å²) >= 11 is 6.45. The summed E-state index contributed by atoms with van der Waals surface area (Å²) < 4.78 is 2.00. The Morgan fingerprint density at radius 1 is 1.06 bits per heavy atom. The van der Waals surface area contributed by atoms with Crippen molar-refractivity contribution < 1.29 is 9.59 Å². The summed E-state index contributed by atoms with van der Waals surface area (Å²) in [6.07, 6.45) is 6.67. The fourth-order valence-electron chi connectivity index (χ4n) is 5.34. The topological polar surface area (TPSA) is 54.3 Å². The maximum Gasteiger partial charge on any atom is 0.275 e. The molecule has 1 fully saturated rings. The van der Waals surface area contributed by atoms with Crippen LogP contribution in [0.1, 0.15) is 61.5 Å². The second-order valence-corrected chi connectivity index (χ2v) is 10.1. The molecular formula is C27H30ClN3O2. The SMILES string of the molecule is Cc1ccc(N2C(=O)c3cc4ccccc4n3C[C@@]2(C)C(=O)NC2CCCCCC2)cc1Cl. The molecule has 6 heteroatoms. The minimum Gasteiger partial charge on any atom is -0.351 e. The van der Waals surface area contributed by atoms with E-state index in [2.05, 4.69) is 5.32 Å². The number of fused-ring (bicyclic) bond motifs is 3. The Labute approximate surface area is 199 Å². The van der Waals surface area contributed by atoms with Crippen LogP contribution in [0.3, 0.4) is 0 Å². The molecule has 0 spiro atoms. The van der Waals surface area contributed by atoms with Gasteiger partial charge in [-0.2, -0.15) is 0 Å². The van der Waals surface area contributed by atoms with Gasteiger partial charge in [0.05, 0.1) is 6.54 Å². The van der Waals surface area contributed by atoms with Gasteiger partial charge in [0.15, 0.2) is 0 Å². The molecule has 2 aliphatic rings. The van der Waals surface area contributed by atoms with Crippen molar-refractivity contribution in [1.29, 1.82) is 0 Å². The van der Waals surface area contributed by atoms with Crippen molar-refractivity contribution >= 4 is 40.0 Å². The van der Waals surface area contributed by atoms with Crippen LogP contribution in [0.2, 0.25) is 5.02 Å². The molecule has 0 unspecified atom stereocenters. The Morgan fingerprint density at radius 2 is 1.79 bits per heavy atom. The van der Waals surface area contributed by atoms with E-state index in [4.69, 9.17) is 11.6 Å². The number of hydrogen-bond donors (Lipinski definition) is 1. The fourth-order valence-corrected chi connectivity index (χ4v) is 5.51. The van der Waals surface area contributed by atoms with Crippen molar-refractivity contribution in [3.05, 3.63) is 64.8 Å². The number of anilines is 1. The summed E-state index contributed by atoms with van der Waals surface area (Å²) in [6.45, 7) is 4.19. The van der Waals surface area contributed by atoms with Gasteiger partial charge in [0.1, 0.15) is 11.2 Å². The standard InChI is InChI=1S/C27H30ClN3O2/c1-18-13-14-21(16-22(18)28)31-25(32)24-15-19-9-7-8-12-23(19)30(24)17-27(31,2)26(33)29-20-10-5-3-4-6-11-20/h7-9,12-16,20H,3-6,10-11,17H2,1-2H3,(H,29,33)/t27-/m0/s1. The van der Waals surface area contributed by atoms with Crippen LogP contribution in [-0.2, 0) is 11.3 Å². The Kier molecular flexibility index (Phi) is 5.69. The number of benzene rings is 2. The Bertz CT molecular complexity index is 1230. The Morgan fingerprint density at radius 3 is 2.52 bits per heavy atom. The molecule has 1 N–H and O–H groups in total. The zero-order chi connectivity index (χ0) is 23.2. The Balaban J connectivity index is 1.60. The summed E-state index contributed by atoms with van der Waals surface area (Å²) in [5.41, 5.74) is 2.05. The first-order valence-electron chi connectivity index (χ1n) is 11.9. The number of para-hydroxylation sites is 1. The largest absolute Gasteiger partial charge is 0.351 e. The van der Waals surface area contributed by atoms with Gasteiger partial charge in [0, 0.05) is 27.7 Å². The lowest BCUT2D eigenvalue weighted by atomic mass is 9.92. The van der Waals surface area contributed by atoms with Gasteiger partial charge in [-0.25, -0.2) is 0 Å². The van der Waals surface area contributed by atoms with E-state index in [1.165, 1.54) is 12.8 Å². The molecule has 1 aliphatic carbocycles. The number of nitrogens with zero attached hydrogens (tertiary/aromatic N) is 2. The predicted octanol–water partition coefficient (Wildman–Crippen LogP) is 5.86. The minimum atomic E-state index is -1.09. The van der Waals surface area contributed by atoms with Crippen LogP contribution in [0.25, 0.3) is 10.9 Å². The number of carbonyl (C=O) groups is 2. The molecule has 3 aromatic rings. The van der Waals surface area contributed by atoms with Crippen LogP contribution in [0, 0.1) is 6.92 Å². The predicted molar refractivity (Wildman–Crippen MR) is 133 cm³/mol. The first kappa shape index (κ1) is 22.0. The molecule has 2 aromatic carbocycles. The van der Waals surface area contributed by atoms with Gasteiger partial charge < -0.3 is 9.88 Å². The van der Waals surface area contributed by atoms with E-state index in [0.29, 0.717) is 22.9 Å². The average Bonchev–Trinajstić information content (AvgIpc) is 2.97. The summed E-state index contributed by atoms with van der Waals surface area (Å²) in [4.78, 5) is 29.5. The molecule has 1 aliphatic heterocycles. The van der Waals surface area contributed by atoms with Crippen LogP contribution < -0.4 is 10.2 Å². The molecule has 5 rings (SSSR count). The number of hydrogen-bond acceptors (Lipinski definition) is 2. The molecule has 1 atom stereocenters. The molecule has 5 nitrogen and oxygen atoms in total. The highest BCUT2D eigenvalue weighted by molar-refractivity contribution is 6.31. The third kappa shape index (κ3) is 3.82. The molecule has 2 heterocycles. The zero-order valence-electron chi connectivity index (χ0n) is 19.2. The lowest BCUT2D eigenvalue weighted by molar-refractivity contribution is -0.127. The van der Waals surface area contributed by atoms with Crippen molar-refractivity contribution in [3.63, 3.8) is 0 Å². The first-order valence-corrected chi connectivity index (χ1v) is 12.3. The van der Waals surface area contributed by atoms with Gasteiger partial charge in [-0.1, -0.05) is 61.5 Å². The third-order valence-corrected chi connectivity index (χ3v) is 7.69. The summed E-state index contributed by atoms with van der Waals surface area (Å²) in [7, 11) is 0. The van der Waals surface area contributed by atoms with E-state index in [9.17, 15) is 9.59 Å². The lowest BCUT2D eigenvalue weighted by Gasteiger charge is -2.44. The van der Waals surface area contributed by atoms with Crippen molar-refractivity contribution in [2.75, 3.05) is 4.90 Å². The van der Waals surface area contributed by atoms with Crippen molar-refractivity contribution in [2.24, 2.45) is 0 Å². The number of nitrogens with one attached hydrogen (secondary N) is 1. The molecule has 1 saturated carbocycles. The number of aromatic nitrogens is 1.